The van der Waals surface area contributed by atoms with Gasteiger partial charge < -0.3 is 10.1 Å². The third-order valence-electron chi connectivity index (χ3n) is 6.34. The van der Waals surface area contributed by atoms with Crippen molar-refractivity contribution < 1.29 is 14.3 Å². The van der Waals surface area contributed by atoms with Crippen LogP contribution in [-0.2, 0) is 14.3 Å². The summed E-state index contributed by atoms with van der Waals surface area (Å²) < 4.78 is 6.54. The summed E-state index contributed by atoms with van der Waals surface area (Å²) in [5.74, 6) is -0.954. The number of rotatable bonds is 5. The van der Waals surface area contributed by atoms with Gasteiger partial charge in [0.25, 0.3) is 5.91 Å². The second kappa shape index (κ2) is 9.13. The SMILES string of the molecule is N#CC1(NC(=O)COC(=O)[C@@H]2CCCC[C@H]2c2nc3ccccc3s2)CCCCC1. The Morgan fingerprint density at radius 3 is 2.70 bits per heavy atom. The molecule has 158 valence electrons. The van der Waals surface area contributed by atoms with Crippen LogP contribution < -0.4 is 5.32 Å². The number of ether oxygens (including phenoxy) is 1. The molecule has 2 fully saturated rings. The van der Waals surface area contributed by atoms with E-state index in [0.717, 1.165) is 60.2 Å². The molecule has 1 N–H and O–H groups in total. The fourth-order valence-electron chi connectivity index (χ4n) is 4.72. The lowest BCUT2D eigenvalue weighted by molar-refractivity contribution is -0.154. The Morgan fingerprint density at radius 1 is 1.17 bits per heavy atom. The van der Waals surface area contributed by atoms with E-state index < -0.39 is 5.54 Å². The number of carbonyl (C=O) groups is 2. The van der Waals surface area contributed by atoms with Crippen LogP contribution in [0, 0.1) is 17.2 Å². The summed E-state index contributed by atoms with van der Waals surface area (Å²) in [6, 6.07) is 10.3. The summed E-state index contributed by atoms with van der Waals surface area (Å²) >= 11 is 1.64. The highest BCUT2D eigenvalue weighted by atomic mass is 32.1. The number of fused-ring (bicyclic) bond motifs is 1. The Kier molecular flexibility index (Phi) is 6.33. The highest BCUT2D eigenvalue weighted by Gasteiger charge is 2.37. The molecule has 2 aromatic rings. The van der Waals surface area contributed by atoms with Crippen molar-refractivity contribution in [2.45, 2.75) is 69.2 Å². The molecule has 2 atom stereocenters. The largest absolute Gasteiger partial charge is 0.455 e. The maximum atomic E-state index is 12.9. The van der Waals surface area contributed by atoms with Crippen LogP contribution in [0.3, 0.4) is 0 Å². The van der Waals surface area contributed by atoms with Gasteiger partial charge in [0.05, 0.1) is 27.2 Å². The average Bonchev–Trinajstić information content (AvgIpc) is 3.22. The van der Waals surface area contributed by atoms with Gasteiger partial charge in [-0.15, -0.1) is 11.3 Å². The Morgan fingerprint density at radius 2 is 1.93 bits per heavy atom. The fraction of sp³-hybridized carbons (Fsp3) is 0.565. The zero-order valence-electron chi connectivity index (χ0n) is 17.1. The maximum absolute atomic E-state index is 12.9. The molecule has 0 aliphatic heterocycles. The Bertz CT molecular complexity index is 925. The summed E-state index contributed by atoms with van der Waals surface area (Å²) in [5, 5.41) is 13.3. The lowest BCUT2D eigenvalue weighted by atomic mass is 9.79. The van der Waals surface area contributed by atoms with Crippen molar-refractivity contribution >= 4 is 33.4 Å². The van der Waals surface area contributed by atoms with E-state index in [2.05, 4.69) is 11.4 Å². The molecule has 0 radical (unpaired) electrons. The minimum Gasteiger partial charge on any atom is -0.455 e. The van der Waals surface area contributed by atoms with Crippen LogP contribution in [0.25, 0.3) is 10.2 Å². The fourth-order valence-corrected chi connectivity index (χ4v) is 5.89. The molecule has 7 heteroatoms. The normalized spacial score (nSPS) is 23.4. The molecular formula is C23H27N3O3S. The second-order valence-electron chi connectivity index (χ2n) is 8.43. The predicted octanol–water partition coefficient (Wildman–Crippen LogP) is 4.46. The topological polar surface area (TPSA) is 92.1 Å². The Balaban J connectivity index is 1.38. The quantitative estimate of drug-likeness (QED) is 0.714. The molecule has 2 aliphatic carbocycles. The molecule has 2 aliphatic rings. The third-order valence-corrected chi connectivity index (χ3v) is 7.51. The molecule has 1 aromatic carbocycles. The van der Waals surface area contributed by atoms with Gasteiger partial charge in [0.15, 0.2) is 6.61 Å². The second-order valence-corrected chi connectivity index (χ2v) is 9.49. The minimum absolute atomic E-state index is 0.0375. The first-order valence-electron chi connectivity index (χ1n) is 10.8. The molecule has 6 nitrogen and oxygen atoms in total. The number of hydrogen-bond acceptors (Lipinski definition) is 6. The molecular weight excluding hydrogens is 398 g/mol. The van der Waals surface area contributed by atoms with Gasteiger partial charge in [0, 0.05) is 5.92 Å². The zero-order valence-corrected chi connectivity index (χ0v) is 17.9. The number of nitriles is 1. The number of nitrogens with zero attached hydrogens (tertiary/aromatic N) is 2. The minimum atomic E-state index is -0.809. The van der Waals surface area contributed by atoms with Crippen LogP contribution in [0.2, 0.25) is 0 Å². The smallest absolute Gasteiger partial charge is 0.310 e. The van der Waals surface area contributed by atoms with Gasteiger partial charge in [-0.2, -0.15) is 5.26 Å². The molecule has 0 spiro atoms. The maximum Gasteiger partial charge on any atom is 0.310 e. The van der Waals surface area contributed by atoms with E-state index in [0.29, 0.717) is 12.8 Å². The van der Waals surface area contributed by atoms with Gasteiger partial charge in [-0.3, -0.25) is 9.59 Å². The van der Waals surface area contributed by atoms with Crippen molar-refractivity contribution in [1.29, 1.82) is 5.26 Å². The predicted molar refractivity (Wildman–Crippen MR) is 115 cm³/mol. The first kappa shape index (κ1) is 20.8. The van der Waals surface area contributed by atoms with Crippen LogP contribution in [0.4, 0.5) is 0 Å². The standard InChI is InChI=1S/C23H27N3O3S/c24-15-23(12-6-1-7-13-23)26-20(27)14-29-22(28)17-9-3-2-8-16(17)21-25-18-10-4-5-11-19(18)30-21/h4-5,10-11,16-17H,1-3,6-9,12-14H2,(H,26,27)/t16-,17-/m1/s1. The molecule has 1 heterocycles. The number of benzene rings is 1. The first-order chi connectivity index (χ1) is 14.6. The number of nitrogens with one attached hydrogen (secondary N) is 1. The lowest BCUT2D eigenvalue weighted by Gasteiger charge is -2.31. The summed E-state index contributed by atoms with van der Waals surface area (Å²) in [5.41, 5.74) is 0.152. The molecule has 0 unspecified atom stereocenters. The monoisotopic (exact) mass is 425 g/mol. The zero-order chi connectivity index (χ0) is 21.0. The van der Waals surface area contributed by atoms with E-state index in [1.165, 1.54) is 0 Å². The van der Waals surface area contributed by atoms with E-state index in [-0.39, 0.29) is 30.3 Å². The summed E-state index contributed by atoms with van der Waals surface area (Å²) in [6.45, 7) is -0.328. The van der Waals surface area contributed by atoms with Crippen LogP contribution in [0.1, 0.15) is 68.7 Å². The van der Waals surface area contributed by atoms with Crippen LogP contribution in [0.15, 0.2) is 24.3 Å². The van der Waals surface area contributed by atoms with E-state index >= 15 is 0 Å². The first-order valence-corrected chi connectivity index (χ1v) is 11.7. The highest BCUT2D eigenvalue weighted by Crippen LogP contribution is 2.41. The van der Waals surface area contributed by atoms with Crippen LogP contribution >= 0.6 is 11.3 Å². The number of para-hydroxylation sites is 1. The van der Waals surface area contributed by atoms with Gasteiger partial charge in [0.2, 0.25) is 0 Å². The van der Waals surface area contributed by atoms with Gasteiger partial charge in [0.1, 0.15) is 5.54 Å². The number of amides is 1. The number of aromatic nitrogens is 1. The molecule has 30 heavy (non-hydrogen) atoms. The third kappa shape index (κ3) is 4.49. The van der Waals surface area contributed by atoms with E-state index in [1.54, 1.807) is 11.3 Å². The summed E-state index contributed by atoms with van der Waals surface area (Å²) in [7, 11) is 0. The van der Waals surface area contributed by atoms with Gasteiger partial charge >= 0.3 is 5.97 Å². The Hall–Kier alpha value is -2.46. The molecule has 1 amide bonds. The number of hydrogen-bond donors (Lipinski definition) is 1. The van der Waals surface area contributed by atoms with Crippen molar-refractivity contribution in [3.05, 3.63) is 29.3 Å². The number of carbonyl (C=O) groups excluding carboxylic acids is 2. The van der Waals surface area contributed by atoms with Gasteiger partial charge in [-0.25, -0.2) is 4.98 Å². The van der Waals surface area contributed by atoms with Crippen molar-refractivity contribution in [2.75, 3.05) is 6.61 Å². The number of thiazole rings is 1. The summed E-state index contributed by atoms with van der Waals surface area (Å²) in [6.07, 6.45) is 7.96. The molecule has 0 bridgehead atoms. The summed E-state index contributed by atoms with van der Waals surface area (Å²) in [4.78, 5) is 30.0. The van der Waals surface area contributed by atoms with Crippen LogP contribution in [-0.4, -0.2) is 29.0 Å². The van der Waals surface area contributed by atoms with Gasteiger partial charge in [-0.05, 0) is 37.8 Å². The van der Waals surface area contributed by atoms with Crippen molar-refractivity contribution in [3.63, 3.8) is 0 Å². The molecule has 4 rings (SSSR count). The highest BCUT2D eigenvalue weighted by molar-refractivity contribution is 7.18. The molecule has 2 saturated carbocycles. The van der Waals surface area contributed by atoms with E-state index in [9.17, 15) is 14.9 Å². The van der Waals surface area contributed by atoms with Crippen molar-refractivity contribution in [1.82, 2.24) is 10.3 Å². The molecule has 0 saturated heterocycles. The van der Waals surface area contributed by atoms with Gasteiger partial charge in [-0.1, -0.05) is 44.2 Å². The van der Waals surface area contributed by atoms with Crippen molar-refractivity contribution in [3.8, 4) is 6.07 Å². The van der Waals surface area contributed by atoms with Crippen molar-refractivity contribution in [2.24, 2.45) is 5.92 Å². The number of esters is 1. The van der Waals surface area contributed by atoms with E-state index in [4.69, 9.17) is 9.72 Å². The average molecular weight is 426 g/mol. The van der Waals surface area contributed by atoms with E-state index in [1.807, 2.05) is 24.3 Å². The molecule has 1 aromatic heterocycles. The Labute approximate surface area is 180 Å². The van der Waals surface area contributed by atoms with Crippen LogP contribution in [0.5, 0.6) is 0 Å². The lowest BCUT2D eigenvalue weighted by Crippen LogP contribution is -2.50.